The fourth-order valence-electron chi connectivity index (χ4n) is 3.30. The molecule has 136 valence electrons. The van der Waals surface area contributed by atoms with Gasteiger partial charge >= 0.3 is 7.12 Å². The molecule has 25 heavy (non-hydrogen) atoms. The summed E-state index contributed by atoms with van der Waals surface area (Å²) in [6.45, 7) is 10.9. The molecule has 0 N–H and O–H groups in total. The van der Waals surface area contributed by atoms with Gasteiger partial charge in [0.2, 0.25) is 0 Å². The van der Waals surface area contributed by atoms with Crippen molar-refractivity contribution in [3.05, 3.63) is 35.4 Å². The van der Waals surface area contributed by atoms with Gasteiger partial charge in [0, 0.05) is 19.6 Å². The van der Waals surface area contributed by atoms with Crippen LogP contribution in [0.25, 0.3) is 6.08 Å². The molecule has 1 aromatic carbocycles. The van der Waals surface area contributed by atoms with E-state index < -0.39 is 0 Å². The maximum Gasteiger partial charge on any atom is 0.494 e. The van der Waals surface area contributed by atoms with Crippen LogP contribution in [0.4, 0.5) is 4.39 Å². The number of hydrogen-bond donors (Lipinski definition) is 0. The van der Waals surface area contributed by atoms with E-state index in [2.05, 4.69) is 62.9 Å². The predicted octanol–water partition coefficient (Wildman–Crippen LogP) is 3.43. The van der Waals surface area contributed by atoms with Crippen LogP contribution in [0.1, 0.15) is 46.1 Å². The average molecular weight is 345 g/mol. The third-order valence-corrected chi connectivity index (χ3v) is 5.62. The Hall–Kier alpha value is -1.17. The van der Waals surface area contributed by atoms with E-state index in [4.69, 9.17) is 9.31 Å². The molecule has 0 unspecified atom stereocenters. The van der Waals surface area contributed by atoms with Gasteiger partial charge in [0.25, 0.3) is 0 Å². The van der Waals surface area contributed by atoms with Crippen molar-refractivity contribution in [2.24, 2.45) is 0 Å². The fourth-order valence-corrected chi connectivity index (χ4v) is 3.30. The highest BCUT2D eigenvalue weighted by Gasteiger charge is 2.51. The van der Waals surface area contributed by atoms with Gasteiger partial charge in [-0.25, -0.2) is 0 Å². The fraction of sp³-hybridized carbons (Fsp3) is 0.600. The Kier molecular flexibility index (Phi) is 5.38. The van der Waals surface area contributed by atoms with Crippen LogP contribution in [0.5, 0.6) is 0 Å². The number of benzene rings is 1. The van der Waals surface area contributed by atoms with Crippen molar-refractivity contribution in [2.75, 3.05) is 26.3 Å². The van der Waals surface area contributed by atoms with E-state index in [-0.39, 0.29) is 25.0 Å². The molecule has 5 heteroatoms. The summed E-state index contributed by atoms with van der Waals surface area (Å²) in [4.78, 5) is 2.32. The molecule has 2 aliphatic heterocycles. The monoisotopic (exact) mass is 345 g/mol. The summed E-state index contributed by atoms with van der Waals surface area (Å²) in [6.07, 6.45) is 3.96. The van der Waals surface area contributed by atoms with E-state index >= 15 is 0 Å². The quantitative estimate of drug-likeness (QED) is 0.763. The van der Waals surface area contributed by atoms with Crippen LogP contribution in [0.3, 0.4) is 0 Å². The summed E-state index contributed by atoms with van der Waals surface area (Å²) in [7, 11) is -0.311. The lowest BCUT2D eigenvalue weighted by Gasteiger charge is -2.32. The predicted molar refractivity (Wildman–Crippen MR) is 102 cm³/mol. The summed E-state index contributed by atoms with van der Waals surface area (Å²) in [5.74, 6) is 0. The Morgan fingerprint density at radius 2 is 1.76 bits per heavy atom. The van der Waals surface area contributed by atoms with Crippen molar-refractivity contribution >= 4 is 18.7 Å². The Morgan fingerprint density at radius 3 is 2.36 bits per heavy atom. The number of nitrogens with zero attached hydrogens (tertiary/aromatic N) is 1. The first-order valence-corrected chi connectivity index (χ1v) is 9.24. The second-order valence-electron chi connectivity index (χ2n) is 8.13. The standard InChI is InChI=1S/C20H29BFNO2/c1-19(2)20(3,4)25-21(24-19)18-8-6-16(7-9-18)14-17-10-13-23(15-17)12-5-11-22/h6-9,14H,5,10-13,15H2,1-4H3/b17-14-. The molecular formula is C20H29BFNO2. The van der Waals surface area contributed by atoms with Gasteiger partial charge in [-0.05, 0) is 51.6 Å². The highest BCUT2D eigenvalue weighted by molar-refractivity contribution is 6.62. The first kappa shape index (κ1) is 18.6. The van der Waals surface area contributed by atoms with Crippen LogP contribution in [0.2, 0.25) is 0 Å². The molecule has 0 radical (unpaired) electrons. The molecule has 1 aromatic rings. The smallest absolute Gasteiger partial charge is 0.399 e. The molecule has 0 saturated carbocycles. The van der Waals surface area contributed by atoms with Crippen molar-refractivity contribution in [3.8, 4) is 0 Å². The summed E-state index contributed by atoms with van der Waals surface area (Å²) in [5.41, 5.74) is 3.04. The molecule has 3 nitrogen and oxygen atoms in total. The van der Waals surface area contributed by atoms with E-state index in [1.165, 1.54) is 11.1 Å². The van der Waals surface area contributed by atoms with Gasteiger partial charge in [0.05, 0.1) is 17.9 Å². The summed E-state index contributed by atoms with van der Waals surface area (Å²) < 4.78 is 24.5. The van der Waals surface area contributed by atoms with Gasteiger partial charge in [-0.3, -0.25) is 9.29 Å². The lowest BCUT2D eigenvalue weighted by atomic mass is 9.79. The Balaban J connectivity index is 1.63. The van der Waals surface area contributed by atoms with E-state index in [9.17, 15) is 4.39 Å². The minimum atomic E-state index is -0.314. The number of likely N-dealkylation sites (tertiary alicyclic amines) is 1. The molecule has 0 atom stereocenters. The van der Waals surface area contributed by atoms with Crippen molar-refractivity contribution in [3.63, 3.8) is 0 Å². The molecule has 2 fully saturated rings. The average Bonchev–Trinajstić information content (AvgIpc) is 3.08. The van der Waals surface area contributed by atoms with Crippen LogP contribution in [-0.4, -0.2) is 49.5 Å². The Bertz CT molecular complexity index is 611. The van der Waals surface area contributed by atoms with Crippen molar-refractivity contribution in [2.45, 2.75) is 51.7 Å². The molecule has 2 saturated heterocycles. The lowest BCUT2D eigenvalue weighted by molar-refractivity contribution is 0.00578. The van der Waals surface area contributed by atoms with Gasteiger partial charge in [-0.15, -0.1) is 0 Å². The molecule has 0 amide bonds. The van der Waals surface area contributed by atoms with Crippen LogP contribution in [0.15, 0.2) is 29.8 Å². The molecule has 2 aliphatic rings. The van der Waals surface area contributed by atoms with Crippen molar-refractivity contribution in [1.82, 2.24) is 4.90 Å². The minimum Gasteiger partial charge on any atom is -0.399 e. The van der Waals surface area contributed by atoms with Gasteiger partial charge in [0.15, 0.2) is 0 Å². The zero-order valence-corrected chi connectivity index (χ0v) is 15.8. The number of hydrogen-bond acceptors (Lipinski definition) is 3. The second kappa shape index (κ2) is 7.22. The second-order valence-corrected chi connectivity index (χ2v) is 8.13. The zero-order valence-electron chi connectivity index (χ0n) is 15.8. The summed E-state index contributed by atoms with van der Waals surface area (Å²) >= 11 is 0. The van der Waals surface area contributed by atoms with Gasteiger partial charge < -0.3 is 9.31 Å². The van der Waals surface area contributed by atoms with Crippen molar-refractivity contribution in [1.29, 1.82) is 0 Å². The normalized spacial score (nSPS) is 24.4. The molecule has 0 bridgehead atoms. The van der Waals surface area contributed by atoms with Crippen molar-refractivity contribution < 1.29 is 13.7 Å². The summed E-state index contributed by atoms with van der Waals surface area (Å²) in [6, 6.07) is 8.42. The zero-order chi connectivity index (χ0) is 18.1. The van der Waals surface area contributed by atoms with Gasteiger partial charge in [0.1, 0.15) is 0 Å². The van der Waals surface area contributed by atoms with E-state index in [1.807, 2.05) is 0 Å². The van der Waals surface area contributed by atoms with Gasteiger partial charge in [-0.1, -0.05) is 35.9 Å². The number of halogens is 1. The third-order valence-electron chi connectivity index (χ3n) is 5.62. The molecule has 0 aromatic heterocycles. The number of alkyl halides is 1. The topological polar surface area (TPSA) is 21.7 Å². The molecular weight excluding hydrogens is 316 g/mol. The Morgan fingerprint density at radius 1 is 1.12 bits per heavy atom. The highest BCUT2D eigenvalue weighted by atomic mass is 19.1. The third kappa shape index (κ3) is 4.16. The lowest BCUT2D eigenvalue weighted by Crippen LogP contribution is -2.41. The largest absolute Gasteiger partial charge is 0.494 e. The first-order chi connectivity index (χ1) is 11.8. The SMILES string of the molecule is CC1(C)OB(c2ccc(/C=C3/CCN(CCCF)C3)cc2)OC1(C)C. The van der Waals surface area contributed by atoms with E-state index in [0.717, 1.165) is 31.5 Å². The molecule has 0 spiro atoms. The van der Waals surface area contributed by atoms with Gasteiger partial charge in [-0.2, -0.15) is 0 Å². The first-order valence-electron chi connectivity index (χ1n) is 9.24. The summed E-state index contributed by atoms with van der Waals surface area (Å²) in [5, 5.41) is 0. The molecule has 2 heterocycles. The van der Waals surface area contributed by atoms with E-state index in [1.54, 1.807) is 0 Å². The van der Waals surface area contributed by atoms with Crippen LogP contribution in [-0.2, 0) is 9.31 Å². The maximum absolute atomic E-state index is 12.3. The molecule has 0 aliphatic carbocycles. The number of rotatable bonds is 5. The Labute approximate surface area is 151 Å². The van der Waals surface area contributed by atoms with Crippen LogP contribution in [0, 0.1) is 0 Å². The molecule has 3 rings (SSSR count). The minimum absolute atomic E-state index is 0.226. The highest BCUT2D eigenvalue weighted by Crippen LogP contribution is 2.36. The van der Waals surface area contributed by atoms with E-state index in [0.29, 0.717) is 6.42 Å². The maximum atomic E-state index is 12.3. The van der Waals surface area contributed by atoms with Crippen LogP contribution < -0.4 is 5.46 Å². The van der Waals surface area contributed by atoms with Crippen LogP contribution >= 0.6 is 0 Å².